The van der Waals surface area contributed by atoms with Crippen molar-refractivity contribution < 1.29 is 0 Å². The molecule has 0 N–H and O–H groups in total. The highest BCUT2D eigenvalue weighted by atomic mass is 79.9. The number of pyridine rings is 1. The first-order chi connectivity index (χ1) is 11.1. The van der Waals surface area contributed by atoms with E-state index in [2.05, 4.69) is 25.9 Å². The van der Waals surface area contributed by atoms with E-state index in [0.717, 1.165) is 26.9 Å². The van der Waals surface area contributed by atoms with E-state index >= 15 is 0 Å². The number of imidazole rings is 1. The van der Waals surface area contributed by atoms with E-state index < -0.39 is 0 Å². The maximum Gasteiger partial charge on any atom is 0.299 e. The highest BCUT2D eigenvalue weighted by molar-refractivity contribution is 9.10. The Bertz CT molecular complexity index is 1130. The fourth-order valence-corrected chi connectivity index (χ4v) is 3.20. The van der Waals surface area contributed by atoms with Crippen molar-refractivity contribution in [3.8, 4) is 5.69 Å². The van der Waals surface area contributed by atoms with Gasteiger partial charge in [0.1, 0.15) is 0 Å². The summed E-state index contributed by atoms with van der Waals surface area (Å²) in [5.41, 5.74) is 3.16. The second-order valence-corrected chi connectivity index (χ2v) is 6.39. The van der Waals surface area contributed by atoms with Gasteiger partial charge in [0, 0.05) is 23.1 Å². The highest BCUT2D eigenvalue weighted by Crippen LogP contribution is 2.29. The van der Waals surface area contributed by atoms with Crippen LogP contribution in [0.2, 0.25) is 5.02 Å². The molecule has 4 rings (SSSR count). The van der Waals surface area contributed by atoms with E-state index in [0.29, 0.717) is 10.7 Å². The van der Waals surface area contributed by atoms with E-state index in [1.165, 1.54) is 0 Å². The minimum atomic E-state index is -0.201. The van der Waals surface area contributed by atoms with Crippen LogP contribution in [0.1, 0.15) is 5.69 Å². The zero-order valence-corrected chi connectivity index (χ0v) is 14.3. The molecule has 0 aliphatic heterocycles. The van der Waals surface area contributed by atoms with Crippen LogP contribution in [0.25, 0.3) is 22.4 Å². The molecule has 1 aromatic carbocycles. The quantitative estimate of drug-likeness (QED) is 0.498. The predicted octanol–water partition coefficient (Wildman–Crippen LogP) is 3.76. The topological polar surface area (TPSA) is 52.2 Å². The highest BCUT2D eigenvalue weighted by Gasteiger charge is 2.16. The third-order valence-corrected chi connectivity index (χ3v) is 4.97. The lowest BCUT2D eigenvalue weighted by molar-refractivity contribution is 0.980. The molecule has 114 valence electrons. The molecule has 3 aromatic heterocycles. The molecular weight excluding hydrogens is 380 g/mol. The van der Waals surface area contributed by atoms with Gasteiger partial charge in [0.15, 0.2) is 0 Å². The Kier molecular flexibility index (Phi) is 3.25. The maximum absolute atomic E-state index is 13.0. The lowest BCUT2D eigenvalue weighted by Crippen LogP contribution is -2.22. The first-order valence-electron chi connectivity index (χ1n) is 6.87. The van der Waals surface area contributed by atoms with E-state index in [9.17, 15) is 4.79 Å². The molecule has 4 aromatic rings. The molecule has 0 aliphatic carbocycles. The Labute approximate surface area is 144 Å². The summed E-state index contributed by atoms with van der Waals surface area (Å²) in [6, 6.07) is 7.33. The van der Waals surface area contributed by atoms with E-state index in [4.69, 9.17) is 11.6 Å². The molecule has 0 saturated heterocycles. The van der Waals surface area contributed by atoms with Crippen molar-refractivity contribution in [1.29, 1.82) is 0 Å². The number of benzene rings is 1. The minimum absolute atomic E-state index is 0.201. The van der Waals surface area contributed by atoms with Crippen LogP contribution in [0.4, 0.5) is 0 Å². The first-order valence-corrected chi connectivity index (χ1v) is 8.04. The molecule has 0 aliphatic rings. The van der Waals surface area contributed by atoms with Gasteiger partial charge in [-0.2, -0.15) is 0 Å². The molecule has 0 radical (unpaired) electrons. The van der Waals surface area contributed by atoms with E-state index in [-0.39, 0.29) is 5.56 Å². The van der Waals surface area contributed by atoms with Gasteiger partial charge in [-0.05, 0) is 47.1 Å². The zero-order valence-electron chi connectivity index (χ0n) is 12.0. The van der Waals surface area contributed by atoms with Crippen molar-refractivity contribution >= 4 is 44.2 Å². The van der Waals surface area contributed by atoms with Crippen LogP contribution in [0, 0.1) is 6.92 Å². The molecule has 0 atom stereocenters. The maximum atomic E-state index is 13.0. The molecule has 0 bridgehead atoms. The normalized spacial score (nSPS) is 11.4. The Hall–Kier alpha value is -2.18. The van der Waals surface area contributed by atoms with Crippen LogP contribution < -0.4 is 5.56 Å². The van der Waals surface area contributed by atoms with Crippen molar-refractivity contribution in [3.63, 3.8) is 0 Å². The lowest BCUT2D eigenvalue weighted by Gasteiger charge is -2.14. The molecular formula is C16H10BrClN4O. The van der Waals surface area contributed by atoms with Gasteiger partial charge in [-0.25, -0.2) is 4.98 Å². The SMILES string of the molecule is Cc1ncccc1-n1c(=O)c2nccn2c2cc(Cl)c(Br)cc21. The van der Waals surface area contributed by atoms with Gasteiger partial charge in [0.25, 0.3) is 5.56 Å². The Morgan fingerprint density at radius 2 is 2.00 bits per heavy atom. The van der Waals surface area contributed by atoms with E-state index in [1.807, 2.05) is 25.1 Å². The monoisotopic (exact) mass is 388 g/mol. The summed E-state index contributed by atoms with van der Waals surface area (Å²) in [4.78, 5) is 21.4. The molecule has 0 unspecified atom stereocenters. The number of halogens is 2. The molecule has 5 nitrogen and oxygen atoms in total. The molecule has 0 amide bonds. The second kappa shape index (κ2) is 5.18. The van der Waals surface area contributed by atoms with Crippen LogP contribution in [-0.2, 0) is 0 Å². The van der Waals surface area contributed by atoms with E-state index in [1.54, 1.807) is 33.6 Å². The number of aromatic nitrogens is 4. The molecule has 7 heteroatoms. The Balaban J connectivity index is 2.30. The van der Waals surface area contributed by atoms with Crippen LogP contribution in [0.15, 0.2) is 52.1 Å². The third-order valence-electron chi connectivity index (χ3n) is 3.77. The minimum Gasteiger partial charge on any atom is -0.293 e. The van der Waals surface area contributed by atoms with Gasteiger partial charge in [-0.1, -0.05) is 11.6 Å². The summed E-state index contributed by atoms with van der Waals surface area (Å²) in [5.74, 6) is 0. The number of nitrogens with zero attached hydrogens (tertiary/aromatic N) is 4. The molecule has 3 heterocycles. The average Bonchev–Trinajstić information content (AvgIpc) is 3.01. The van der Waals surface area contributed by atoms with Gasteiger partial charge < -0.3 is 0 Å². The predicted molar refractivity (Wildman–Crippen MR) is 93.5 cm³/mol. The number of rotatable bonds is 1. The second-order valence-electron chi connectivity index (χ2n) is 5.12. The van der Waals surface area contributed by atoms with Crippen LogP contribution >= 0.6 is 27.5 Å². The van der Waals surface area contributed by atoms with Crippen molar-refractivity contribution in [2.24, 2.45) is 0 Å². The van der Waals surface area contributed by atoms with Crippen LogP contribution in [0.3, 0.4) is 0 Å². The molecule has 0 fully saturated rings. The molecule has 0 saturated carbocycles. The Morgan fingerprint density at radius 3 is 2.78 bits per heavy atom. The van der Waals surface area contributed by atoms with Crippen molar-refractivity contribution in [1.82, 2.24) is 18.9 Å². The number of hydrogen-bond acceptors (Lipinski definition) is 3. The molecule has 23 heavy (non-hydrogen) atoms. The first kappa shape index (κ1) is 14.4. The average molecular weight is 390 g/mol. The standard InChI is InChI=1S/C16H10BrClN4O/c1-9-12(3-2-4-19-9)22-14-7-10(17)11(18)8-13(14)21-6-5-20-15(21)16(22)23/h2-8H,1H3. The summed E-state index contributed by atoms with van der Waals surface area (Å²) < 4.78 is 4.10. The molecule has 0 spiro atoms. The summed E-state index contributed by atoms with van der Waals surface area (Å²) >= 11 is 9.68. The number of hydrogen-bond donors (Lipinski definition) is 0. The summed E-state index contributed by atoms with van der Waals surface area (Å²) in [6.45, 7) is 1.87. The smallest absolute Gasteiger partial charge is 0.293 e. The van der Waals surface area contributed by atoms with Crippen LogP contribution in [-0.4, -0.2) is 18.9 Å². The fourth-order valence-electron chi connectivity index (χ4n) is 2.71. The summed E-state index contributed by atoms with van der Waals surface area (Å²) in [5, 5.41) is 0.570. The third kappa shape index (κ3) is 2.09. The van der Waals surface area contributed by atoms with Gasteiger partial charge in [0.05, 0.1) is 27.4 Å². The number of fused-ring (bicyclic) bond motifs is 3. The lowest BCUT2D eigenvalue weighted by atomic mass is 10.2. The van der Waals surface area contributed by atoms with Crippen molar-refractivity contribution in [2.75, 3.05) is 0 Å². The zero-order chi connectivity index (χ0) is 16.1. The van der Waals surface area contributed by atoms with Crippen LogP contribution in [0.5, 0.6) is 0 Å². The van der Waals surface area contributed by atoms with Crippen molar-refractivity contribution in [2.45, 2.75) is 6.92 Å². The van der Waals surface area contributed by atoms with Gasteiger partial charge in [0.2, 0.25) is 5.65 Å². The number of aryl methyl sites for hydroxylation is 1. The summed E-state index contributed by atoms with van der Waals surface area (Å²) in [6.07, 6.45) is 5.06. The summed E-state index contributed by atoms with van der Waals surface area (Å²) in [7, 11) is 0. The van der Waals surface area contributed by atoms with Gasteiger partial charge >= 0.3 is 0 Å². The fraction of sp³-hybridized carbons (Fsp3) is 0.0625. The van der Waals surface area contributed by atoms with Gasteiger partial charge in [-0.15, -0.1) is 0 Å². The van der Waals surface area contributed by atoms with Gasteiger partial charge in [-0.3, -0.25) is 18.7 Å². The van der Waals surface area contributed by atoms with Crippen molar-refractivity contribution in [3.05, 3.63) is 68.4 Å². The Morgan fingerprint density at radius 1 is 1.17 bits per heavy atom. The largest absolute Gasteiger partial charge is 0.299 e.